The molecule has 2 rings (SSSR count). The molecule has 0 aliphatic rings. The minimum atomic E-state index is -5.19. The normalized spacial score (nSPS) is 14.7. The second kappa shape index (κ2) is 13.2. The van der Waals surface area contributed by atoms with Crippen LogP contribution in [0.4, 0.5) is 43.9 Å². The van der Waals surface area contributed by atoms with Gasteiger partial charge < -0.3 is 0 Å². The first-order valence-electron chi connectivity index (χ1n) is 11.2. The maximum Gasteiger partial charge on any atom is 0.417 e. The maximum absolute atomic E-state index is 15.0. The number of hydrogen-bond donors (Lipinski definition) is 0. The van der Waals surface area contributed by atoms with Gasteiger partial charge in [0.25, 0.3) is 0 Å². The van der Waals surface area contributed by atoms with E-state index in [0.29, 0.717) is 23.9 Å². The van der Waals surface area contributed by atoms with Crippen LogP contribution in [0.15, 0.2) is 43.0 Å². The summed E-state index contributed by atoms with van der Waals surface area (Å²) in [5.41, 5.74) is -3.82. The van der Waals surface area contributed by atoms with Crippen LogP contribution in [0.1, 0.15) is 51.9 Å². The molecular weight excluding hydrogens is 621 g/mol. The van der Waals surface area contributed by atoms with Crippen molar-refractivity contribution in [1.82, 2.24) is 0 Å². The Morgan fingerprint density at radius 1 is 1.00 bits per heavy atom. The molecule has 0 radical (unpaired) electrons. The van der Waals surface area contributed by atoms with Crippen LogP contribution >= 0.6 is 35.0 Å². The molecule has 0 saturated heterocycles. The van der Waals surface area contributed by atoms with E-state index in [1.54, 1.807) is 0 Å². The van der Waals surface area contributed by atoms with Gasteiger partial charge in [-0.25, -0.2) is 4.39 Å². The monoisotopic (exact) mass is 640 g/mol. The van der Waals surface area contributed by atoms with Gasteiger partial charge in [-0.2, -0.15) is 51.3 Å². The van der Waals surface area contributed by atoms with Gasteiger partial charge in [-0.05, 0) is 41.5 Å². The summed E-state index contributed by atoms with van der Waals surface area (Å²) in [6.07, 6.45) is -14.0. The van der Waals surface area contributed by atoms with Crippen molar-refractivity contribution in [1.29, 1.82) is 0 Å². The molecule has 0 heterocycles. The Hall–Kier alpha value is -2.18. The van der Waals surface area contributed by atoms with Crippen LogP contribution in [0.2, 0.25) is 10.0 Å². The fourth-order valence-corrected chi connectivity index (χ4v) is 5.16. The molecule has 0 saturated carbocycles. The van der Waals surface area contributed by atoms with Gasteiger partial charge in [-0.3, -0.25) is 4.79 Å². The SMILES string of the molecule is C=Cc1c(Cl)cc(C(/C=C(\F)c2ccc(C(=O)C[C@H](C)CSCC(F)(F)F)c(C(F)(F)F)c2)C(F)(F)F)cc1Cl. The lowest BCUT2D eigenvalue weighted by Crippen LogP contribution is -2.19. The van der Waals surface area contributed by atoms with E-state index >= 15 is 4.39 Å². The number of halogens is 12. The Labute approximate surface area is 237 Å². The second-order valence-corrected chi connectivity index (χ2v) is 10.6. The molecule has 1 nitrogen and oxygen atoms in total. The number of rotatable bonds is 10. The molecule has 14 heteroatoms. The molecule has 0 spiro atoms. The van der Waals surface area contributed by atoms with Gasteiger partial charge in [0, 0.05) is 33.2 Å². The zero-order valence-electron chi connectivity index (χ0n) is 20.4. The smallest absolute Gasteiger partial charge is 0.294 e. The zero-order chi connectivity index (χ0) is 30.6. The van der Waals surface area contributed by atoms with Crippen LogP contribution in [0.25, 0.3) is 11.9 Å². The number of Topliss-reactive ketones (excluding diaryl/α,β-unsaturated/α-hetero) is 1. The summed E-state index contributed by atoms with van der Waals surface area (Å²) in [6, 6.07) is 3.30. The summed E-state index contributed by atoms with van der Waals surface area (Å²) < 4.78 is 135. The lowest BCUT2D eigenvalue weighted by Gasteiger charge is -2.20. The molecule has 220 valence electrons. The lowest BCUT2D eigenvalue weighted by atomic mass is 9.93. The summed E-state index contributed by atoms with van der Waals surface area (Å²) in [5.74, 6) is -7.46. The summed E-state index contributed by atoms with van der Waals surface area (Å²) in [5, 5.41) is -0.428. The molecule has 0 aliphatic heterocycles. The molecule has 0 N–H and O–H groups in total. The molecule has 40 heavy (non-hydrogen) atoms. The Balaban J connectivity index is 2.44. The van der Waals surface area contributed by atoms with Gasteiger partial charge >= 0.3 is 18.5 Å². The Morgan fingerprint density at radius 3 is 2.05 bits per heavy atom. The highest BCUT2D eigenvalue weighted by Crippen LogP contribution is 2.42. The van der Waals surface area contributed by atoms with Crippen molar-refractivity contribution in [3.8, 4) is 0 Å². The van der Waals surface area contributed by atoms with Crippen LogP contribution in [0.3, 0.4) is 0 Å². The number of benzene rings is 2. The number of allylic oxidation sites excluding steroid dienone is 1. The maximum atomic E-state index is 15.0. The van der Waals surface area contributed by atoms with E-state index in [1.165, 1.54) is 13.0 Å². The third-order valence-electron chi connectivity index (χ3n) is 5.43. The predicted molar refractivity (Wildman–Crippen MR) is 137 cm³/mol. The van der Waals surface area contributed by atoms with Gasteiger partial charge in [0.1, 0.15) is 11.7 Å². The van der Waals surface area contributed by atoms with E-state index in [1.807, 2.05) is 0 Å². The number of carbonyl (C=O) groups is 1. The Bertz CT molecular complexity index is 1240. The third-order valence-corrected chi connectivity index (χ3v) is 7.39. The Morgan fingerprint density at radius 2 is 1.57 bits per heavy atom. The standard InChI is InChI=1S/C26H20Cl2F10OS/c1-3-16-20(27)8-15(9-21(16)28)18(25(33,34)35)10-22(29)14-4-5-17(19(7-14)26(36,37)38)23(39)6-13(2)11-40-12-24(30,31)32/h3-5,7-10,13,18H,1,6,11-12H2,2H3/b22-10-/t13-,18?/m0/s1. The quantitative estimate of drug-likeness (QED) is 0.190. The fraction of sp³-hybridized carbons (Fsp3) is 0.346. The van der Waals surface area contributed by atoms with Gasteiger partial charge in [0.05, 0.1) is 11.3 Å². The van der Waals surface area contributed by atoms with Crippen molar-refractivity contribution in [2.75, 3.05) is 11.5 Å². The van der Waals surface area contributed by atoms with Crippen LogP contribution in [-0.4, -0.2) is 29.6 Å². The molecule has 0 bridgehead atoms. The molecule has 0 aliphatic carbocycles. The number of thioether (sulfide) groups is 1. The largest absolute Gasteiger partial charge is 0.417 e. The second-order valence-electron chi connectivity index (χ2n) is 8.76. The van der Waals surface area contributed by atoms with Gasteiger partial charge in [-0.1, -0.05) is 54.9 Å². The highest BCUT2D eigenvalue weighted by atomic mass is 35.5. The molecule has 0 amide bonds. The van der Waals surface area contributed by atoms with E-state index in [9.17, 15) is 44.3 Å². The average Bonchev–Trinajstić information content (AvgIpc) is 2.79. The van der Waals surface area contributed by atoms with Crippen molar-refractivity contribution in [2.45, 2.75) is 37.8 Å². The van der Waals surface area contributed by atoms with Crippen LogP contribution in [-0.2, 0) is 6.18 Å². The molecule has 0 aromatic heterocycles. The van der Waals surface area contributed by atoms with Crippen molar-refractivity contribution in [2.24, 2.45) is 5.92 Å². The summed E-state index contributed by atoms with van der Waals surface area (Å²) in [7, 11) is 0. The first-order chi connectivity index (χ1) is 18.2. The summed E-state index contributed by atoms with van der Waals surface area (Å²) in [4.78, 5) is 12.6. The topological polar surface area (TPSA) is 17.1 Å². The first-order valence-corrected chi connectivity index (χ1v) is 13.1. The van der Waals surface area contributed by atoms with E-state index < -0.39 is 76.4 Å². The van der Waals surface area contributed by atoms with E-state index in [0.717, 1.165) is 12.1 Å². The molecule has 1 unspecified atom stereocenters. The number of ketones is 1. The summed E-state index contributed by atoms with van der Waals surface area (Å²) >= 11 is 12.3. The van der Waals surface area contributed by atoms with Crippen LogP contribution < -0.4 is 0 Å². The number of alkyl halides is 9. The van der Waals surface area contributed by atoms with Crippen molar-refractivity contribution < 1.29 is 48.7 Å². The zero-order valence-corrected chi connectivity index (χ0v) is 22.7. The fourth-order valence-electron chi connectivity index (χ4n) is 3.63. The van der Waals surface area contributed by atoms with Gasteiger partial charge in [0.2, 0.25) is 0 Å². The van der Waals surface area contributed by atoms with E-state index in [-0.39, 0.29) is 33.5 Å². The number of carbonyl (C=O) groups excluding carboxylic acids is 1. The summed E-state index contributed by atoms with van der Waals surface area (Å²) in [6.45, 7) is 4.81. The minimum absolute atomic E-state index is 0.0620. The highest BCUT2D eigenvalue weighted by molar-refractivity contribution is 7.99. The van der Waals surface area contributed by atoms with Gasteiger partial charge in [0.15, 0.2) is 5.78 Å². The molecule has 2 atom stereocenters. The van der Waals surface area contributed by atoms with Crippen molar-refractivity contribution in [3.05, 3.63) is 80.8 Å². The van der Waals surface area contributed by atoms with Crippen LogP contribution in [0, 0.1) is 5.92 Å². The van der Waals surface area contributed by atoms with Crippen LogP contribution in [0.5, 0.6) is 0 Å². The minimum Gasteiger partial charge on any atom is -0.294 e. The van der Waals surface area contributed by atoms with E-state index in [4.69, 9.17) is 23.2 Å². The third kappa shape index (κ3) is 9.44. The predicted octanol–water partition coefficient (Wildman–Crippen LogP) is 10.8. The number of hydrogen-bond acceptors (Lipinski definition) is 2. The molecule has 0 fully saturated rings. The van der Waals surface area contributed by atoms with E-state index in [2.05, 4.69) is 6.58 Å². The molecular formula is C26H20Cl2F10OS. The molecule has 2 aromatic carbocycles. The van der Waals surface area contributed by atoms with Crippen molar-refractivity contribution in [3.63, 3.8) is 0 Å². The van der Waals surface area contributed by atoms with Crippen molar-refractivity contribution >= 4 is 52.6 Å². The molecule has 2 aromatic rings. The Kier molecular flexibility index (Phi) is 11.2. The highest BCUT2D eigenvalue weighted by Gasteiger charge is 2.41. The lowest BCUT2D eigenvalue weighted by molar-refractivity contribution is -0.140. The first kappa shape index (κ1) is 34.0. The average molecular weight is 641 g/mol. The van der Waals surface area contributed by atoms with Gasteiger partial charge in [-0.15, -0.1) is 0 Å².